The van der Waals surface area contributed by atoms with Gasteiger partial charge in [0.1, 0.15) is 0 Å². The molecule has 1 aromatic rings. The van der Waals surface area contributed by atoms with Crippen molar-refractivity contribution in [2.45, 2.75) is 32.2 Å². The number of carbonyl (C=O) groups is 1. The van der Waals surface area contributed by atoms with Crippen molar-refractivity contribution in [3.63, 3.8) is 0 Å². The summed E-state index contributed by atoms with van der Waals surface area (Å²) in [6, 6.07) is 8.74. The molecule has 0 aliphatic carbocycles. The van der Waals surface area contributed by atoms with Gasteiger partial charge in [0, 0.05) is 26.2 Å². The fourth-order valence-corrected chi connectivity index (χ4v) is 3.27. The Kier molecular flexibility index (Phi) is 7.06. The van der Waals surface area contributed by atoms with Gasteiger partial charge in [-0.15, -0.1) is 0 Å². The van der Waals surface area contributed by atoms with Crippen LogP contribution < -0.4 is 5.32 Å². The van der Waals surface area contributed by atoms with Gasteiger partial charge < -0.3 is 20.2 Å². The number of nitrogens with one attached hydrogen (secondary N) is 1. The molecule has 0 spiro atoms. The number of piperidine rings is 1. The molecule has 1 aromatic carbocycles. The molecular weight excluding hydrogens is 302 g/mol. The number of likely N-dealkylation sites (tertiary alicyclic amines) is 1. The highest BCUT2D eigenvalue weighted by atomic mass is 16.3. The fourth-order valence-electron chi connectivity index (χ4n) is 3.27. The van der Waals surface area contributed by atoms with Gasteiger partial charge in [0.05, 0.1) is 6.04 Å². The molecule has 1 aliphatic rings. The van der Waals surface area contributed by atoms with E-state index in [0.717, 1.165) is 25.8 Å². The zero-order valence-electron chi connectivity index (χ0n) is 15.2. The first-order chi connectivity index (χ1) is 11.5. The number of nitrogens with zero attached hydrogens (tertiary/aromatic N) is 2. The Hall–Kier alpha value is -1.59. The number of urea groups is 1. The average molecular weight is 333 g/mol. The molecule has 0 aromatic heterocycles. The molecule has 2 unspecified atom stereocenters. The second-order valence-corrected chi connectivity index (χ2v) is 6.90. The maximum atomic E-state index is 12.4. The first-order valence-corrected chi connectivity index (χ1v) is 8.94. The number of aliphatic hydroxyl groups excluding tert-OH is 1. The lowest BCUT2D eigenvalue weighted by Gasteiger charge is -2.33. The van der Waals surface area contributed by atoms with Gasteiger partial charge in [-0.2, -0.15) is 0 Å². The lowest BCUT2D eigenvalue weighted by Crippen LogP contribution is -2.47. The highest BCUT2D eigenvalue weighted by Crippen LogP contribution is 2.19. The van der Waals surface area contributed by atoms with Crippen LogP contribution >= 0.6 is 0 Å². The van der Waals surface area contributed by atoms with Crippen LogP contribution in [0, 0.1) is 5.92 Å². The topological polar surface area (TPSA) is 55.8 Å². The molecule has 2 rings (SSSR count). The molecule has 24 heavy (non-hydrogen) atoms. The Labute approximate surface area is 145 Å². The van der Waals surface area contributed by atoms with Crippen molar-refractivity contribution in [1.29, 1.82) is 0 Å². The van der Waals surface area contributed by atoms with E-state index in [0.29, 0.717) is 13.1 Å². The van der Waals surface area contributed by atoms with E-state index in [9.17, 15) is 9.90 Å². The van der Waals surface area contributed by atoms with Crippen LogP contribution in [-0.4, -0.2) is 61.3 Å². The number of hydrogen-bond donors (Lipinski definition) is 2. The lowest BCUT2D eigenvalue weighted by molar-refractivity contribution is 0.128. The van der Waals surface area contributed by atoms with Gasteiger partial charge >= 0.3 is 6.03 Å². The smallest absolute Gasteiger partial charge is 0.317 e. The molecule has 134 valence electrons. The van der Waals surface area contributed by atoms with Crippen LogP contribution in [0.1, 0.15) is 36.9 Å². The Bertz CT molecular complexity index is 516. The predicted molar refractivity (Wildman–Crippen MR) is 97.0 cm³/mol. The van der Waals surface area contributed by atoms with E-state index in [2.05, 4.69) is 41.4 Å². The summed E-state index contributed by atoms with van der Waals surface area (Å²) in [6.07, 6.45) is 3.00. The van der Waals surface area contributed by atoms with Crippen molar-refractivity contribution < 1.29 is 9.90 Å². The summed E-state index contributed by atoms with van der Waals surface area (Å²) in [5.41, 5.74) is 2.54. The summed E-state index contributed by atoms with van der Waals surface area (Å²) >= 11 is 0. The molecule has 1 heterocycles. The monoisotopic (exact) mass is 333 g/mol. The van der Waals surface area contributed by atoms with Crippen molar-refractivity contribution in [3.05, 3.63) is 35.4 Å². The van der Waals surface area contributed by atoms with Gasteiger partial charge in [-0.1, -0.05) is 31.2 Å². The number of aliphatic hydroxyl groups is 1. The third-order valence-electron chi connectivity index (χ3n) is 4.91. The van der Waals surface area contributed by atoms with Crippen LogP contribution in [0.25, 0.3) is 0 Å². The standard InChI is InChI=1S/C19H31N3O2/c1-4-15-7-9-17(10-8-15)18(21(2)3)12-20-19(24)22-11-5-6-16(13-22)14-23/h7-10,16,18,23H,4-6,11-14H2,1-3H3,(H,20,24). The number of carbonyl (C=O) groups excluding carboxylic acids is 1. The summed E-state index contributed by atoms with van der Waals surface area (Å²) < 4.78 is 0. The Morgan fingerprint density at radius 1 is 1.38 bits per heavy atom. The number of hydrogen-bond acceptors (Lipinski definition) is 3. The molecule has 5 nitrogen and oxygen atoms in total. The van der Waals surface area contributed by atoms with Crippen molar-refractivity contribution >= 4 is 6.03 Å². The second-order valence-electron chi connectivity index (χ2n) is 6.90. The summed E-state index contributed by atoms with van der Waals surface area (Å²) in [5, 5.41) is 12.4. The molecule has 5 heteroatoms. The largest absolute Gasteiger partial charge is 0.396 e. The van der Waals surface area contributed by atoms with E-state index in [-0.39, 0.29) is 24.6 Å². The first-order valence-electron chi connectivity index (χ1n) is 8.94. The van der Waals surface area contributed by atoms with Crippen LogP contribution in [0.5, 0.6) is 0 Å². The molecular formula is C19H31N3O2. The van der Waals surface area contributed by atoms with E-state index in [4.69, 9.17) is 0 Å². The Morgan fingerprint density at radius 2 is 2.08 bits per heavy atom. The van der Waals surface area contributed by atoms with E-state index in [1.54, 1.807) is 0 Å². The van der Waals surface area contributed by atoms with Crippen LogP contribution in [0.4, 0.5) is 4.79 Å². The van der Waals surface area contributed by atoms with E-state index >= 15 is 0 Å². The SMILES string of the molecule is CCc1ccc(C(CNC(=O)N2CCCC(CO)C2)N(C)C)cc1. The van der Waals surface area contributed by atoms with Crippen molar-refractivity contribution in [2.75, 3.05) is 40.3 Å². The van der Waals surface area contributed by atoms with E-state index < -0.39 is 0 Å². The summed E-state index contributed by atoms with van der Waals surface area (Å²) in [6.45, 7) is 4.32. The van der Waals surface area contributed by atoms with Gasteiger partial charge in [-0.25, -0.2) is 4.79 Å². The van der Waals surface area contributed by atoms with Crippen molar-refractivity contribution in [2.24, 2.45) is 5.92 Å². The molecule has 0 bridgehead atoms. The van der Waals surface area contributed by atoms with E-state index in [1.807, 2.05) is 19.0 Å². The molecule has 2 atom stereocenters. The van der Waals surface area contributed by atoms with Crippen molar-refractivity contribution in [1.82, 2.24) is 15.1 Å². The zero-order chi connectivity index (χ0) is 17.5. The second kappa shape index (κ2) is 9.04. The fraction of sp³-hybridized carbons (Fsp3) is 0.632. The maximum absolute atomic E-state index is 12.4. The third-order valence-corrected chi connectivity index (χ3v) is 4.91. The zero-order valence-corrected chi connectivity index (χ0v) is 15.2. The molecule has 2 amide bonds. The predicted octanol–water partition coefficient (Wildman–Crippen LogP) is 2.27. The third kappa shape index (κ3) is 4.95. The average Bonchev–Trinajstić information content (AvgIpc) is 2.62. The van der Waals surface area contributed by atoms with Crippen molar-refractivity contribution in [3.8, 4) is 0 Å². The minimum absolute atomic E-state index is 0.0230. The van der Waals surface area contributed by atoms with Gasteiger partial charge in [0.25, 0.3) is 0 Å². The van der Waals surface area contributed by atoms with Crippen LogP contribution in [0.2, 0.25) is 0 Å². The van der Waals surface area contributed by atoms with Gasteiger partial charge in [0.15, 0.2) is 0 Å². The molecule has 1 aliphatic heterocycles. The Morgan fingerprint density at radius 3 is 2.67 bits per heavy atom. The number of likely N-dealkylation sites (N-methyl/N-ethyl adjacent to an activating group) is 1. The highest BCUT2D eigenvalue weighted by Gasteiger charge is 2.24. The normalized spacial score (nSPS) is 19.4. The highest BCUT2D eigenvalue weighted by molar-refractivity contribution is 5.74. The minimum atomic E-state index is -0.0230. The summed E-state index contributed by atoms with van der Waals surface area (Å²) in [5.74, 6) is 0.218. The molecule has 0 radical (unpaired) electrons. The number of amides is 2. The molecule has 0 saturated carbocycles. The van der Waals surface area contributed by atoms with Crippen LogP contribution in [0.3, 0.4) is 0 Å². The molecule has 1 fully saturated rings. The minimum Gasteiger partial charge on any atom is -0.396 e. The molecule has 2 N–H and O–H groups in total. The maximum Gasteiger partial charge on any atom is 0.317 e. The first kappa shape index (κ1) is 18.7. The van der Waals surface area contributed by atoms with E-state index in [1.165, 1.54) is 11.1 Å². The number of aryl methyl sites for hydroxylation is 1. The van der Waals surface area contributed by atoms with Gasteiger partial charge in [-0.3, -0.25) is 0 Å². The summed E-state index contributed by atoms with van der Waals surface area (Å²) in [4.78, 5) is 16.4. The van der Waals surface area contributed by atoms with Gasteiger partial charge in [0.2, 0.25) is 0 Å². The quantitative estimate of drug-likeness (QED) is 0.840. The van der Waals surface area contributed by atoms with Crippen LogP contribution in [0.15, 0.2) is 24.3 Å². The number of benzene rings is 1. The van der Waals surface area contributed by atoms with Crippen LogP contribution in [-0.2, 0) is 6.42 Å². The Balaban J connectivity index is 1.94. The van der Waals surface area contributed by atoms with Gasteiger partial charge in [-0.05, 0) is 50.4 Å². The number of rotatable bonds is 6. The summed E-state index contributed by atoms with van der Waals surface area (Å²) in [7, 11) is 4.07. The molecule has 1 saturated heterocycles. The lowest BCUT2D eigenvalue weighted by atomic mass is 9.99.